The topological polar surface area (TPSA) is 124 Å². The molecule has 0 saturated heterocycles. The maximum atomic E-state index is 14.2. The SMILES string of the molecule is N#Cc1cccc(Cc2nc(C(=O)N[C@@H]3C(=O)Nc4c(F)cc(F)cc4[C@@H]4C[C@H]34)n[nH]2)c1. The fourth-order valence-electron chi connectivity index (χ4n) is 4.15. The van der Waals surface area contributed by atoms with Crippen LogP contribution in [0.2, 0.25) is 0 Å². The molecule has 2 amide bonds. The summed E-state index contributed by atoms with van der Waals surface area (Å²) in [4.78, 5) is 29.5. The molecule has 0 radical (unpaired) electrons. The van der Waals surface area contributed by atoms with Gasteiger partial charge < -0.3 is 10.6 Å². The lowest BCUT2D eigenvalue weighted by Crippen LogP contribution is -2.45. The summed E-state index contributed by atoms with van der Waals surface area (Å²) in [5.41, 5.74) is 1.69. The first-order chi connectivity index (χ1) is 15.4. The number of nitrogens with one attached hydrogen (secondary N) is 3. The van der Waals surface area contributed by atoms with Crippen LogP contribution < -0.4 is 10.6 Å². The van der Waals surface area contributed by atoms with Gasteiger partial charge in [-0.25, -0.2) is 13.8 Å². The quantitative estimate of drug-likeness (QED) is 0.582. The first-order valence-electron chi connectivity index (χ1n) is 9.94. The zero-order chi connectivity index (χ0) is 22.4. The number of nitrogens with zero attached hydrogens (tertiary/aromatic N) is 3. The number of H-pyrrole nitrogens is 1. The highest BCUT2D eigenvalue weighted by molar-refractivity contribution is 6.01. The van der Waals surface area contributed by atoms with Crippen molar-refractivity contribution in [2.75, 3.05) is 5.32 Å². The van der Waals surface area contributed by atoms with E-state index in [-0.39, 0.29) is 23.3 Å². The third-order valence-corrected chi connectivity index (χ3v) is 5.73. The fraction of sp³-hybridized carbons (Fsp3) is 0.227. The number of carbonyl (C=O) groups excluding carboxylic acids is 2. The van der Waals surface area contributed by atoms with Crippen LogP contribution in [0, 0.1) is 28.9 Å². The van der Waals surface area contributed by atoms with Gasteiger partial charge >= 0.3 is 0 Å². The van der Waals surface area contributed by atoms with Crippen molar-refractivity contribution in [3.63, 3.8) is 0 Å². The Bertz CT molecular complexity index is 1300. The van der Waals surface area contributed by atoms with Gasteiger partial charge in [-0.1, -0.05) is 12.1 Å². The maximum absolute atomic E-state index is 14.2. The molecule has 0 unspecified atom stereocenters. The highest BCUT2D eigenvalue weighted by Crippen LogP contribution is 2.54. The van der Waals surface area contributed by atoms with E-state index >= 15 is 0 Å². The normalized spacial score (nSPS) is 20.9. The number of hydrogen-bond acceptors (Lipinski definition) is 5. The van der Waals surface area contributed by atoms with Crippen LogP contribution in [0.25, 0.3) is 0 Å². The number of hydrogen-bond donors (Lipinski definition) is 3. The Morgan fingerprint density at radius 2 is 2.12 bits per heavy atom. The first kappa shape index (κ1) is 19.8. The van der Waals surface area contributed by atoms with Crippen molar-refractivity contribution >= 4 is 17.5 Å². The van der Waals surface area contributed by atoms with Crippen molar-refractivity contribution < 1.29 is 18.4 Å². The number of halogens is 2. The van der Waals surface area contributed by atoms with E-state index in [9.17, 15) is 18.4 Å². The van der Waals surface area contributed by atoms with Gasteiger partial charge in [0, 0.05) is 12.5 Å². The van der Waals surface area contributed by atoms with Crippen molar-refractivity contribution in [3.05, 3.63) is 76.4 Å². The Morgan fingerprint density at radius 1 is 1.28 bits per heavy atom. The number of aromatic nitrogens is 3. The largest absolute Gasteiger partial charge is 0.337 e. The average molecular weight is 434 g/mol. The van der Waals surface area contributed by atoms with Crippen LogP contribution in [-0.2, 0) is 11.2 Å². The van der Waals surface area contributed by atoms with Crippen LogP contribution in [0.3, 0.4) is 0 Å². The van der Waals surface area contributed by atoms with E-state index in [0.29, 0.717) is 29.8 Å². The molecule has 1 saturated carbocycles. The number of fused-ring (bicyclic) bond motifs is 3. The minimum Gasteiger partial charge on any atom is -0.337 e. The Hall–Kier alpha value is -4.13. The molecule has 160 valence electrons. The second kappa shape index (κ2) is 7.53. The van der Waals surface area contributed by atoms with Gasteiger partial charge in [-0.2, -0.15) is 5.26 Å². The molecule has 3 aromatic rings. The lowest BCUT2D eigenvalue weighted by atomic mass is 10.1. The molecule has 3 N–H and O–H groups in total. The minimum absolute atomic E-state index is 0.0413. The van der Waals surface area contributed by atoms with Gasteiger partial charge in [0.25, 0.3) is 5.91 Å². The Labute approximate surface area is 180 Å². The number of nitriles is 1. The Kier molecular flexibility index (Phi) is 4.66. The van der Waals surface area contributed by atoms with Crippen LogP contribution in [0.5, 0.6) is 0 Å². The molecule has 1 aliphatic heterocycles. The monoisotopic (exact) mass is 434 g/mol. The van der Waals surface area contributed by atoms with Crippen LogP contribution in [-0.4, -0.2) is 33.0 Å². The molecule has 2 aromatic carbocycles. The van der Waals surface area contributed by atoms with Crippen molar-refractivity contribution in [3.8, 4) is 6.07 Å². The van der Waals surface area contributed by atoms with Gasteiger partial charge in [-0.3, -0.25) is 14.7 Å². The summed E-state index contributed by atoms with van der Waals surface area (Å²) in [6, 6.07) is 10.1. The van der Waals surface area contributed by atoms with E-state index in [1.165, 1.54) is 6.07 Å². The summed E-state index contributed by atoms with van der Waals surface area (Å²) in [5.74, 6) is -2.99. The summed E-state index contributed by atoms with van der Waals surface area (Å²) >= 11 is 0. The van der Waals surface area contributed by atoms with Gasteiger partial charge in [0.1, 0.15) is 23.5 Å². The van der Waals surface area contributed by atoms with Crippen LogP contribution in [0.4, 0.5) is 14.5 Å². The van der Waals surface area contributed by atoms with Gasteiger partial charge in [0.05, 0.1) is 17.3 Å². The highest BCUT2D eigenvalue weighted by Gasteiger charge is 2.51. The summed E-state index contributed by atoms with van der Waals surface area (Å²) in [6.45, 7) is 0. The van der Waals surface area contributed by atoms with Gasteiger partial charge in [-0.05, 0) is 47.6 Å². The van der Waals surface area contributed by atoms with Crippen molar-refractivity contribution in [2.24, 2.45) is 5.92 Å². The summed E-state index contributed by atoms with van der Waals surface area (Å²) < 4.78 is 27.8. The number of carbonyl (C=O) groups is 2. The third-order valence-electron chi connectivity index (χ3n) is 5.73. The lowest BCUT2D eigenvalue weighted by Gasteiger charge is -2.15. The standard InChI is InChI=1S/C22H16F2N6O2/c23-12-6-14-13-8-15(13)19(21(31)27-18(14)16(24)7-12)28-22(32)20-26-17(29-30-20)5-10-2-1-3-11(4-10)9-25/h1-4,6-7,13,15,19H,5,8H2,(H,27,31)(H,28,32)(H,26,29,30)/t13-,15-,19-/m0/s1. The third kappa shape index (κ3) is 3.58. The van der Waals surface area contributed by atoms with E-state index in [0.717, 1.165) is 11.6 Å². The van der Waals surface area contributed by atoms with Crippen molar-refractivity contribution in [1.82, 2.24) is 20.5 Å². The number of amides is 2. The lowest BCUT2D eigenvalue weighted by molar-refractivity contribution is -0.118. The number of rotatable bonds is 4. The second-order valence-corrected chi connectivity index (χ2v) is 7.89. The average Bonchev–Trinajstić information content (AvgIpc) is 3.44. The van der Waals surface area contributed by atoms with E-state index in [2.05, 4.69) is 31.9 Å². The Balaban J connectivity index is 1.30. The molecule has 0 spiro atoms. The summed E-state index contributed by atoms with van der Waals surface area (Å²) in [5, 5.41) is 20.7. The first-order valence-corrected chi connectivity index (χ1v) is 9.94. The molecule has 32 heavy (non-hydrogen) atoms. The zero-order valence-electron chi connectivity index (χ0n) is 16.5. The molecule has 1 fully saturated rings. The van der Waals surface area contributed by atoms with E-state index < -0.39 is 29.5 Å². The molecular formula is C22H16F2N6O2. The molecule has 2 aliphatic rings. The second-order valence-electron chi connectivity index (χ2n) is 7.89. The van der Waals surface area contributed by atoms with Gasteiger partial charge in [0.2, 0.25) is 11.7 Å². The predicted octanol–water partition coefficient (Wildman–Crippen LogP) is 2.40. The highest BCUT2D eigenvalue weighted by atomic mass is 19.1. The van der Waals surface area contributed by atoms with Crippen LogP contribution in [0.15, 0.2) is 36.4 Å². The molecule has 10 heteroatoms. The number of anilines is 1. The van der Waals surface area contributed by atoms with E-state index in [4.69, 9.17) is 5.26 Å². The molecule has 0 bridgehead atoms. The maximum Gasteiger partial charge on any atom is 0.291 e. The smallest absolute Gasteiger partial charge is 0.291 e. The van der Waals surface area contributed by atoms with E-state index in [1.807, 2.05) is 6.07 Å². The minimum atomic E-state index is -0.920. The predicted molar refractivity (Wildman–Crippen MR) is 107 cm³/mol. The van der Waals surface area contributed by atoms with E-state index in [1.54, 1.807) is 18.2 Å². The number of aromatic amines is 1. The van der Waals surface area contributed by atoms with Crippen molar-refractivity contribution in [1.29, 1.82) is 5.26 Å². The molecule has 3 atom stereocenters. The molecule has 2 heterocycles. The molecular weight excluding hydrogens is 418 g/mol. The van der Waals surface area contributed by atoms with Crippen molar-refractivity contribution in [2.45, 2.75) is 24.8 Å². The summed E-state index contributed by atoms with van der Waals surface area (Å²) in [6.07, 6.45) is 0.868. The van der Waals surface area contributed by atoms with Gasteiger partial charge in [-0.15, -0.1) is 5.10 Å². The fourth-order valence-corrected chi connectivity index (χ4v) is 4.15. The van der Waals surface area contributed by atoms with Crippen LogP contribution in [0.1, 0.15) is 45.5 Å². The molecule has 5 rings (SSSR count). The summed E-state index contributed by atoms with van der Waals surface area (Å²) in [7, 11) is 0. The van der Waals surface area contributed by atoms with Gasteiger partial charge in [0.15, 0.2) is 0 Å². The molecule has 1 aliphatic carbocycles. The molecule has 8 nitrogen and oxygen atoms in total. The number of benzene rings is 2. The molecule has 1 aromatic heterocycles. The Morgan fingerprint density at radius 3 is 2.94 bits per heavy atom. The van der Waals surface area contributed by atoms with Crippen LogP contribution >= 0.6 is 0 Å². The zero-order valence-corrected chi connectivity index (χ0v) is 16.5.